The van der Waals surface area contributed by atoms with Crippen LogP contribution in [0, 0.1) is 0 Å². The topological polar surface area (TPSA) is 41.1 Å². The van der Waals surface area contributed by atoms with Gasteiger partial charge in [0.05, 0.1) is 6.04 Å². The van der Waals surface area contributed by atoms with Crippen LogP contribution < -0.4 is 10.6 Å². The number of amides is 1. The molecule has 0 bridgehead atoms. The highest BCUT2D eigenvalue weighted by Gasteiger charge is 2.13. The van der Waals surface area contributed by atoms with Crippen LogP contribution in [0.15, 0.2) is 66.7 Å². The van der Waals surface area contributed by atoms with Crippen molar-refractivity contribution in [1.29, 1.82) is 0 Å². The molecule has 0 fully saturated rings. The zero-order valence-electron chi connectivity index (χ0n) is 13.4. The third-order valence-corrected chi connectivity index (χ3v) is 4.34. The second-order valence-corrected chi connectivity index (χ2v) is 6.15. The lowest BCUT2D eigenvalue weighted by molar-refractivity contribution is -0.117. The predicted octanol–water partition coefficient (Wildman–Crippen LogP) is 4.61. The number of carbonyl (C=O) groups excluding carboxylic acids is 1. The number of benzene rings is 3. The minimum atomic E-state index is -0.326. The van der Waals surface area contributed by atoms with Crippen LogP contribution in [0.4, 0.5) is 5.69 Å². The molecule has 0 aromatic heterocycles. The molecule has 24 heavy (non-hydrogen) atoms. The van der Waals surface area contributed by atoms with Crippen molar-refractivity contribution in [3.05, 3.63) is 77.3 Å². The SMILES string of the molecule is C[C@H](NCc1ccccc1Cl)C(=O)Nc1ccc2ccccc2c1. The van der Waals surface area contributed by atoms with E-state index in [4.69, 9.17) is 11.6 Å². The molecule has 1 atom stereocenters. The molecule has 3 aromatic rings. The van der Waals surface area contributed by atoms with Gasteiger partial charge < -0.3 is 10.6 Å². The van der Waals surface area contributed by atoms with Crippen LogP contribution in [0.5, 0.6) is 0 Å². The van der Waals surface area contributed by atoms with Crippen molar-refractivity contribution in [3.63, 3.8) is 0 Å². The van der Waals surface area contributed by atoms with E-state index in [0.717, 1.165) is 22.0 Å². The zero-order valence-corrected chi connectivity index (χ0v) is 14.2. The van der Waals surface area contributed by atoms with E-state index < -0.39 is 0 Å². The Labute approximate surface area is 146 Å². The first-order chi connectivity index (χ1) is 11.6. The number of halogens is 1. The fourth-order valence-electron chi connectivity index (χ4n) is 2.52. The first-order valence-corrected chi connectivity index (χ1v) is 8.28. The Morgan fingerprint density at radius 1 is 1.00 bits per heavy atom. The lowest BCUT2D eigenvalue weighted by atomic mass is 10.1. The third kappa shape index (κ3) is 3.94. The maximum atomic E-state index is 12.3. The summed E-state index contributed by atoms with van der Waals surface area (Å²) in [6.45, 7) is 2.39. The first-order valence-electron chi connectivity index (χ1n) is 7.90. The molecule has 0 unspecified atom stereocenters. The number of carbonyl (C=O) groups is 1. The van der Waals surface area contributed by atoms with E-state index in [0.29, 0.717) is 11.6 Å². The van der Waals surface area contributed by atoms with Gasteiger partial charge in [0.1, 0.15) is 0 Å². The van der Waals surface area contributed by atoms with Crippen molar-refractivity contribution in [3.8, 4) is 0 Å². The molecule has 3 aromatic carbocycles. The largest absolute Gasteiger partial charge is 0.325 e. The minimum Gasteiger partial charge on any atom is -0.325 e. The summed E-state index contributed by atoms with van der Waals surface area (Å²) in [5.41, 5.74) is 1.77. The van der Waals surface area contributed by atoms with Crippen LogP contribution in [0.2, 0.25) is 5.02 Å². The van der Waals surface area contributed by atoms with Gasteiger partial charge in [0.2, 0.25) is 5.91 Å². The molecule has 2 N–H and O–H groups in total. The van der Waals surface area contributed by atoms with Gasteiger partial charge in [-0.3, -0.25) is 4.79 Å². The van der Waals surface area contributed by atoms with Crippen molar-refractivity contribution in [2.24, 2.45) is 0 Å². The van der Waals surface area contributed by atoms with Gasteiger partial charge in [-0.1, -0.05) is 60.1 Å². The van der Waals surface area contributed by atoms with Crippen LogP contribution in [0.25, 0.3) is 10.8 Å². The fourth-order valence-corrected chi connectivity index (χ4v) is 2.72. The number of anilines is 1. The molecule has 0 saturated carbocycles. The van der Waals surface area contributed by atoms with E-state index in [2.05, 4.69) is 16.7 Å². The quantitative estimate of drug-likeness (QED) is 0.713. The van der Waals surface area contributed by atoms with Crippen LogP contribution >= 0.6 is 11.6 Å². The molecule has 0 saturated heterocycles. The summed E-state index contributed by atoms with van der Waals surface area (Å²) in [6, 6.07) is 21.3. The highest BCUT2D eigenvalue weighted by Crippen LogP contribution is 2.19. The number of hydrogen-bond donors (Lipinski definition) is 2. The summed E-state index contributed by atoms with van der Waals surface area (Å²) < 4.78 is 0. The number of hydrogen-bond acceptors (Lipinski definition) is 2. The standard InChI is InChI=1S/C20H19ClN2O/c1-14(22-13-17-8-4-5-9-19(17)21)20(24)23-18-11-10-15-6-2-3-7-16(15)12-18/h2-12,14,22H,13H2,1H3,(H,23,24)/t14-/m0/s1. The van der Waals surface area contributed by atoms with Crippen molar-refractivity contribution < 1.29 is 4.79 Å². The third-order valence-electron chi connectivity index (χ3n) is 3.97. The lowest BCUT2D eigenvalue weighted by Crippen LogP contribution is -2.37. The summed E-state index contributed by atoms with van der Waals surface area (Å²) in [5.74, 6) is -0.0719. The van der Waals surface area contributed by atoms with Gasteiger partial charge in [0, 0.05) is 17.3 Å². The second kappa shape index (κ2) is 7.47. The van der Waals surface area contributed by atoms with Crippen LogP contribution in [-0.4, -0.2) is 11.9 Å². The molecular weight excluding hydrogens is 320 g/mol. The Kier molecular flexibility index (Phi) is 5.14. The van der Waals surface area contributed by atoms with Crippen LogP contribution in [-0.2, 0) is 11.3 Å². The Bertz CT molecular complexity index is 863. The molecule has 1 amide bonds. The predicted molar refractivity (Wildman–Crippen MR) is 100 cm³/mol. The van der Waals surface area contributed by atoms with Crippen LogP contribution in [0.3, 0.4) is 0 Å². The van der Waals surface area contributed by atoms with E-state index in [-0.39, 0.29) is 11.9 Å². The van der Waals surface area contributed by atoms with Gasteiger partial charge in [0.25, 0.3) is 0 Å². The van der Waals surface area contributed by atoms with Gasteiger partial charge >= 0.3 is 0 Å². The van der Waals surface area contributed by atoms with Crippen molar-refractivity contribution in [1.82, 2.24) is 5.32 Å². The summed E-state index contributed by atoms with van der Waals surface area (Å²) >= 11 is 6.13. The average Bonchev–Trinajstić information content (AvgIpc) is 2.60. The van der Waals surface area contributed by atoms with Crippen LogP contribution in [0.1, 0.15) is 12.5 Å². The van der Waals surface area contributed by atoms with E-state index in [1.54, 1.807) is 0 Å². The zero-order chi connectivity index (χ0) is 16.9. The van der Waals surface area contributed by atoms with Gasteiger partial charge in [-0.15, -0.1) is 0 Å². The molecular formula is C20H19ClN2O. The summed E-state index contributed by atoms with van der Waals surface area (Å²) in [4.78, 5) is 12.3. The molecule has 4 heteroatoms. The molecule has 3 rings (SSSR count). The number of rotatable bonds is 5. The smallest absolute Gasteiger partial charge is 0.241 e. The summed E-state index contributed by atoms with van der Waals surface area (Å²) in [7, 11) is 0. The van der Waals surface area contributed by atoms with E-state index in [1.165, 1.54) is 0 Å². The van der Waals surface area contributed by atoms with E-state index in [1.807, 2.05) is 67.6 Å². The Morgan fingerprint density at radius 2 is 1.71 bits per heavy atom. The van der Waals surface area contributed by atoms with E-state index in [9.17, 15) is 4.79 Å². The molecule has 3 nitrogen and oxygen atoms in total. The van der Waals surface area contributed by atoms with Crippen molar-refractivity contribution in [2.75, 3.05) is 5.32 Å². The minimum absolute atomic E-state index is 0.0719. The maximum absolute atomic E-state index is 12.3. The Morgan fingerprint density at radius 3 is 2.50 bits per heavy atom. The number of nitrogens with one attached hydrogen (secondary N) is 2. The molecule has 0 aliphatic heterocycles. The molecule has 0 aliphatic rings. The number of fused-ring (bicyclic) bond motifs is 1. The molecule has 122 valence electrons. The summed E-state index contributed by atoms with van der Waals surface area (Å²) in [5, 5.41) is 9.11. The normalized spacial score (nSPS) is 12.1. The van der Waals surface area contributed by atoms with E-state index >= 15 is 0 Å². The first kappa shape index (κ1) is 16.5. The highest BCUT2D eigenvalue weighted by molar-refractivity contribution is 6.31. The molecule has 0 spiro atoms. The second-order valence-electron chi connectivity index (χ2n) is 5.75. The molecule has 0 radical (unpaired) electrons. The van der Waals surface area contributed by atoms with Crippen molar-refractivity contribution >= 4 is 34.0 Å². The lowest BCUT2D eigenvalue weighted by Gasteiger charge is -2.15. The summed E-state index contributed by atoms with van der Waals surface area (Å²) in [6.07, 6.45) is 0. The molecule has 0 heterocycles. The van der Waals surface area contributed by atoms with Gasteiger partial charge in [-0.2, -0.15) is 0 Å². The van der Waals surface area contributed by atoms with Gasteiger partial charge in [0.15, 0.2) is 0 Å². The molecule has 0 aliphatic carbocycles. The highest BCUT2D eigenvalue weighted by atomic mass is 35.5. The monoisotopic (exact) mass is 338 g/mol. The maximum Gasteiger partial charge on any atom is 0.241 e. The average molecular weight is 339 g/mol. The van der Waals surface area contributed by atoms with Gasteiger partial charge in [-0.05, 0) is 41.5 Å². The van der Waals surface area contributed by atoms with Crippen molar-refractivity contribution in [2.45, 2.75) is 19.5 Å². The Hall–Kier alpha value is -2.36. The fraction of sp³-hybridized carbons (Fsp3) is 0.150. The van der Waals surface area contributed by atoms with Gasteiger partial charge in [-0.25, -0.2) is 0 Å². The Balaban J connectivity index is 1.61.